The van der Waals surface area contributed by atoms with Crippen LogP contribution in [0.15, 0.2) is 30.3 Å². The van der Waals surface area contributed by atoms with Gasteiger partial charge >= 0.3 is 0 Å². The molecular weight excluding hydrogens is 300 g/mol. The normalized spacial score (nSPS) is 22.3. The van der Waals surface area contributed by atoms with Crippen LogP contribution < -0.4 is 4.72 Å². The number of rotatable bonds is 7. The van der Waals surface area contributed by atoms with E-state index in [9.17, 15) is 13.2 Å². The van der Waals surface area contributed by atoms with Gasteiger partial charge in [0.1, 0.15) is 0 Å². The maximum atomic E-state index is 12.1. The standard InChI is InChI=1S/C16H22N2O3S/c19-16-10-14(12-18(16)15-6-7-15)11-17-22(20,21)9-8-13-4-2-1-3-5-13/h1-5,14-15,17H,6-12H2. The first-order chi connectivity index (χ1) is 10.5. The molecule has 2 aliphatic rings. The summed E-state index contributed by atoms with van der Waals surface area (Å²) in [6.45, 7) is 1.07. The van der Waals surface area contributed by atoms with Gasteiger partial charge < -0.3 is 4.90 Å². The molecule has 0 spiro atoms. The number of likely N-dealkylation sites (tertiary alicyclic amines) is 1. The van der Waals surface area contributed by atoms with Crippen molar-refractivity contribution in [3.63, 3.8) is 0 Å². The molecule has 1 aliphatic heterocycles. The largest absolute Gasteiger partial charge is 0.339 e. The number of nitrogens with one attached hydrogen (secondary N) is 1. The number of sulfonamides is 1. The summed E-state index contributed by atoms with van der Waals surface area (Å²) in [5.41, 5.74) is 1.02. The van der Waals surface area contributed by atoms with Crippen molar-refractivity contribution < 1.29 is 13.2 Å². The molecule has 3 rings (SSSR count). The highest BCUT2D eigenvalue weighted by molar-refractivity contribution is 7.89. The van der Waals surface area contributed by atoms with Crippen LogP contribution in [0.1, 0.15) is 24.8 Å². The van der Waals surface area contributed by atoms with Crippen LogP contribution in [-0.2, 0) is 21.2 Å². The van der Waals surface area contributed by atoms with Crippen LogP contribution in [0, 0.1) is 5.92 Å². The fourth-order valence-corrected chi connectivity index (χ4v) is 4.04. The van der Waals surface area contributed by atoms with Crippen molar-refractivity contribution in [3.05, 3.63) is 35.9 Å². The number of benzene rings is 1. The Morgan fingerprint density at radius 3 is 2.59 bits per heavy atom. The molecule has 0 aromatic heterocycles. The minimum absolute atomic E-state index is 0.0873. The molecule has 1 saturated heterocycles. The molecule has 1 aromatic rings. The summed E-state index contributed by atoms with van der Waals surface area (Å²) >= 11 is 0. The molecule has 1 aromatic carbocycles. The third-order valence-corrected chi connectivity index (χ3v) is 5.67. The Balaban J connectivity index is 1.45. The van der Waals surface area contributed by atoms with E-state index >= 15 is 0 Å². The predicted molar refractivity (Wildman–Crippen MR) is 84.8 cm³/mol. The lowest BCUT2D eigenvalue weighted by molar-refractivity contribution is -0.128. The average Bonchev–Trinajstić information content (AvgIpc) is 3.28. The van der Waals surface area contributed by atoms with Crippen molar-refractivity contribution in [2.75, 3.05) is 18.8 Å². The van der Waals surface area contributed by atoms with E-state index in [2.05, 4.69) is 4.72 Å². The van der Waals surface area contributed by atoms with Gasteiger partial charge in [0.25, 0.3) is 0 Å². The Morgan fingerprint density at radius 1 is 1.18 bits per heavy atom. The fourth-order valence-electron chi connectivity index (χ4n) is 2.90. The molecule has 1 atom stereocenters. The lowest BCUT2D eigenvalue weighted by atomic mass is 10.1. The molecule has 1 unspecified atom stereocenters. The second kappa shape index (κ2) is 6.38. The SMILES string of the molecule is O=C1CC(CNS(=O)(=O)CCc2ccccc2)CN1C1CC1. The van der Waals surface area contributed by atoms with Crippen LogP contribution in [0.25, 0.3) is 0 Å². The van der Waals surface area contributed by atoms with Gasteiger partial charge in [-0.25, -0.2) is 13.1 Å². The molecule has 1 amide bonds. The third-order valence-electron chi connectivity index (χ3n) is 4.32. The van der Waals surface area contributed by atoms with E-state index in [1.54, 1.807) is 0 Å². The lowest BCUT2D eigenvalue weighted by Crippen LogP contribution is -2.33. The Morgan fingerprint density at radius 2 is 1.91 bits per heavy atom. The number of hydrogen-bond donors (Lipinski definition) is 1. The molecule has 0 bridgehead atoms. The minimum atomic E-state index is -3.29. The summed E-state index contributed by atoms with van der Waals surface area (Å²) in [7, 11) is -3.29. The van der Waals surface area contributed by atoms with Crippen LogP contribution in [0.5, 0.6) is 0 Å². The van der Waals surface area contributed by atoms with Crippen molar-refractivity contribution in [2.45, 2.75) is 31.7 Å². The van der Waals surface area contributed by atoms with E-state index < -0.39 is 10.0 Å². The maximum absolute atomic E-state index is 12.1. The Labute approximate surface area is 131 Å². The lowest BCUT2D eigenvalue weighted by Gasteiger charge is -2.15. The molecule has 5 nitrogen and oxygen atoms in total. The monoisotopic (exact) mass is 322 g/mol. The number of carbonyl (C=O) groups is 1. The molecule has 6 heteroatoms. The Hall–Kier alpha value is -1.40. The molecule has 1 saturated carbocycles. The third kappa shape index (κ3) is 4.08. The Bertz CT molecular complexity index is 626. The topological polar surface area (TPSA) is 66.5 Å². The molecule has 0 radical (unpaired) electrons. The van der Waals surface area contributed by atoms with E-state index in [1.807, 2.05) is 35.2 Å². The summed E-state index contributed by atoms with van der Waals surface area (Å²) in [4.78, 5) is 13.8. The highest BCUT2D eigenvalue weighted by atomic mass is 32.2. The average molecular weight is 322 g/mol. The van der Waals surface area contributed by atoms with Gasteiger partial charge in [-0.2, -0.15) is 0 Å². The second-order valence-electron chi connectivity index (χ2n) is 6.25. The zero-order valence-corrected chi connectivity index (χ0v) is 13.4. The highest BCUT2D eigenvalue weighted by Crippen LogP contribution is 2.32. The van der Waals surface area contributed by atoms with Gasteiger partial charge in [-0.05, 0) is 30.7 Å². The van der Waals surface area contributed by atoms with Gasteiger partial charge in [-0.15, -0.1) is 0 Å². The van der Waals surface area contributed by atoms with Gasteiger partial charge in [0, 0.05) is 25.6 Å². The van der Waals surface area contributed by atoms with E-state index in [0.717, 1.165) is 18.4 Å². The summed E-state index contributed by atoms with van der Waals surface area (Å²) in [5, 5.41) is 0. The number of nitrogens with zero attached hydrogens (tertiary/aromatic N) is 1. The van der Waals surface area contributed by atoms with Crippen LogP contribution >= 0.6 is 0 Å². The van der Waals surface area contributed by atoms with Crippen molar-refractivity contribution >= 4 is 15.9 Å². The van der Waals surface area contributed by atoms with E-state index in [4.69, 9.17) is 0 Å². The van der Waals surface area contributed by atoms with E-state index in [1.165, 1.54) is 0 Å². The van der Waals surface area contributed by atoms with Gasteiger partial charge in [-0.1, -0.05) is 30.3 Å². The van der Waals surface area contributed by atoms with Gasteiger partial charge in [0.05, 0.1) is 5.75 Å². The molecule has 120 valence electrons. The zero-order valence-electron chi connectivity index (χ0n) is 12.6. The molecule has 1 aliphatic carbocycles. The molecule has 1 heterocycles. The predicted octanol–water partition coefficient (Wildman–Crippen LogP) is 1.16. The van der Waals surface area contributed by atoms with Crippen molar-refractivity contribution in [2.24, 2.45) is 5.92 Å². The summed E-state index contributed by atoms with van der Waals surface area (Å²) in [6.07, 6.45) is 3.17. The quantitative estimate of drug-likeness (QED) is 0.819. The van der Waals surface area contributed by atoms with Crippen LogP contribution in [0.3, 0.4) is 0 Å². The Kier molecular flexibility index (Phi) is 4.49. The summed E-state index contributed by atoms with van der Waals surface area (Å²) in [5.74, 6) is 0.375. The van der Waals surface area contributed by atoms with Crippen LogP contribution in [-0.4, -0.2) is 44.1 Å². The zero-order chi connectivity index (χ0) is 15.6. The first-order valence-electron chi connectivity index (χ1n) is 7.84. The van der Waals surface area contributed by atoms with E-state index in [0.29, 0.717) is 32.0 Å². The number of amides is 1. The van der Waals surface area contributed by atoms with Crippen molar-refractivity contribution in [1.82, 2.24) is 9.62 Å². The smallest absolute Gasteiger partial charge is 0.223 e. The van der Waals surface area contributed by atoms with Crippen molar-refractivity contribution in [1.29, 1.82) is 0 Å². The fraction of sp³-hybridized carbons (Fsp3) is 0.562. The van der Waals surface area contributed by atoms with Gasteiger partial charge in [-0.3, -0.25) is 4.79 Å². The van der Waals surface area contributed by atoms with E-state index in [-0.39, 0.29) is 17.6 Å². The first-order valence-corrected chi connectivity index (χ1v) is 9.49. The van der Waals surface area contributed by atoms with Crippen LogP contribution in [0.4, 0.5) is 0 Å². The number of aryl methyl sites for hydroxylation is 1. The first kappa shape index (κ1) is 15.5. The molecular formula is C16H22N2O3S. The number of carbonyl (C=O) groups excluding carboxylic acids is 1. The van der Waals surface area contributed by atoms with Gasteiger partial charge in [0.2, 0.25) is 15.9 Å². The van der Waals surface area contributed by atoms with Crippen molar-refractivity contribution in [3.8, 4) is 0 Å². The van der Waals surface area contributed by atoms with Crippen LogP contribution in [0.2, 0.25) is 0 Å². The highest BCUT2D eigenvalue weighted by Gasteiger charge is 2.39. The minimum Gasteiger partial charge on any atom is -0.339 e. The van der Waals surface area contributed by atoms with Gasteiger partial charge in [0.15, 0.2) is 0 Å². The number of hydrogen-bond acceptors (Lipinski definition) is 3. The second-order valence-corrected chi connectivity index (χ2v) is 8.18. The maximum Gasteiger partial charge on any atom is 0.223 e. The molecule has 1 N–H and O–H groups in total. The summed E-state index contributed by atoms with van der Waals surface area (Å²) < 4.78 is 26.8. The molecule has 22 heavy (non-hydrogen) atoms. The molecule has 2 fully saturated rings. The summed E-state index contributed by atoms with van der Waals surface area (Å²) in [6, 6.07) is 10.0.